The predicted molar refractivity (Wildman–Crippen MR) is 87.4 cm³/mol. The Morgan fingerprint density at radius 2 is 2.19 bits per heavy atom. The average Bonchev–Trinajstić information content (AvgIpc) is 2.85. The van der Waals surface area contributed by atoms with Crippen molar-refractivity contribution in [2.24, 2.45) is 0 Å². The van der Waals surface area contributed by atoms with E-state index in [4.69, 9.17) is 16.3 Å². The van der Waals surface area contributed by atoms with Crippen molar-refractivity contribution in [3.05, 3.63) is 52.7 Å². The minimum absolute atomic E-state index is 0.303. The molecule has 3 rings (SSSR count). The third-order valence-electron chi connectivity index (χ3n) is 3.76. The molecule has 2 unspecified atom stereocenters. The predicted octanol–water partition coefficient (Wildman–Crippen LogP) is 3.72. The fraction of sp³-hybridized carbons (Fsp3) is 0.312. The number of hydrogen-bond donors (Lipinski definition) is 1. The molecule has 0 aliphatic heterocycles. The molecule has 0 saturated carbocycles. The highest BCUT2D eigenvalue weighted by molar-refractivity contribution is 7.99. The first-order valence-electron chi connectivity index (χ1n) is 6.83. The van der Waals surface area contributed by atoms with Gasteiger partial charge in [0.15, 0.2) is 0 Å². The number of rotatable bonds is 4. The number of halogens is 1. The van der Waals surface area contributed by atoms with Crippen molar-refractivity contribution in [1.82, 2.24) is 10.3 Å². The number of thioether (sulfide) groups is 1. The molecular weight excluding hydrogens is 304 g/mol. The second kappa shape index (κ2) is 6.26. The number of fused-ring (bicyclic) bond motifs is 1. The van der Waals surface area contributed by atoms with Crippen LogP contribution >= 0.6 is 23.4 Å². The molecule has 1 heterocycles. The molecule has 2 atom stereocenters. The summed E-state index contributed by atoms with van der Waals surface area (Å²) in [6.45, 7) is 0. The van der Waals surface area contributed by atoms with E-state index in [-0.39, 0.29) is 0 Å². The second-order valence-electron chi connectivity index (χ2n) is 5.01. The fourth-order valence-corrected chi connectivity index (χ4v) is 4.11. The van der Waals surface area contributed by atoms with E-state index < -0.39 is 0 Å². The molecule has 0 fully saturated rings. The van der Waals surface area contributed by atoms with Gasteiger partial charge in [-0.3, -0.25) is 0 Å². The van der Waals surface area contributed by atoms with Gasteiger partial charge in [0.1, 0.15) is 5.75 Å². The van der Waals surface area contributed by atoms with Crippen LogP contribution in [0.1, 0.15) is 17.2 Å². The zero-order valence-electron chi connectivity index (χ0n) is 12.0. The third-order valence-corrected chi connectivity index (χ3v) is 5.21. The Kier molecular flexibility index (Phi) is 4.38. The first-order valence-corrected chi connectivity index (χ1v) is 8.09. The largest absolute Gasteiger partial charge is 0.497 e. The van der Waals surface area contributed by atoms with Gasteiger partial charge in [-0.25, -0.2) is 4.98 Å². The van der Waals surface area contributed by atoms with Crippen LogP contribution in [0.5, 0.6) is 5.75 Å². The molecule has 2 aromatic rings. The summed E-state index contributed by atoms with van der Waals surface area (Å²) in [7, 11) is 3.71. The highest BCUT2D eigenvalue weighted by Gasteiger charge is 2.32. The van der Waals surface area contributed by atoms with Gasteiger partial charge >= 0.3 is 0 Å². The molecule has 1 aliphatic rings. The summed E-state index contributed by atoms with van der Waals surface area (Å²) in [6, 6.07) is 10.5. The smallest absolute Gasteiger partial charge is 0.119 e. The van der Waals surface area contributed by atoms with E-state index in [1.54, 1.807) is 25.1 Å². The Morgan fingerprint density at radius 3 is 2.86 bits per heavy atom. The number of benzene rings is 1. The molecule has 0 amide bonds. The first-order chi connectivity index (χ1) is 10.2. The average molecular weight is 321 g/mol. The number of ether oxygens (including phenoxy) is 1. The molecule has 0 bridgehead atoms. The van der Waals surface area contributed by atoms with Crippen LogP contribution in [0.3, 0.4) is 0 Å². The number of hydrogen-bond acceptors (Lipinski definition) is 4. The normalized spacial score (nSPS) is 20.3. The summed E-state index contributed by atoms with van der Waals surface area (Å²) in [5.41, 5.74) is 2.70. The van der Waals surface area contributed by atoms with Gasteiger partial charge in [0.25, 0.3) is 0 Å². The zero-order valence-corrected chi connectivity index (χ0v) is 13.5. The minimum atomic E-state index is 0.303. The van der Waals surface area contributed by atoms with Crippen molar-refractivity contribution in [2.45, 2.75) is 22.7 Å². The summed E-state index contributed by atoms with van der Waals surface area (Å²) < 4.78 is 5.34. The summed E-state index contributed by atoms with van der Waals surface area (Å²) >= 11 is 7.68. The summed E-state index contributed by atoms with van der Waals surface area (Å²) in [5.74, 6) is 0.907. The molecule has 3 nitrogen and oxygen atoms in total. The molecule has 0 spiro atoms. The number of pyridine rings is 1. The molecular formula is C16H17ClN2OS. The Morgan fingerprint density at radius 1 is 1.33 bits per heavy atom. The summed E-state index contributed by atoms with van der Waals surface area (Å²) in [5, 5.41) is 5.52. The van der Waals surface area contributed by atoms with E-state index in [9.17, 15) is 0 Å². The summed E-state index contributed by atoms with van der Waals surface area (Å²) in [4.78, 5) is 4.39. The maximum atomic E-state index is 5.89. The van der Waals surface area contributed by atoms with Crippen molar-refractivity contribution in [3.63, 3.8) is 0 Å². The van der Waals surface area contributed by atoms with Gasteiger partial charge < -0.3 is 10.1 Å². The van der Waals surface area contributed by atoms with Gasteiger partial charge in [-0.15, -0.1) is 11.8 Å². The van der Waals surface area contributed by atoms with E-state index in [0.717, 1.165) is 17.2 Å². The van der Waals surface area contributed by atoms with Crippen molar-refractivity contribution in [3.8, 4) is 5.75 Å². The van der Waals surface area contributed by atoms with Crippen molar-refractivity contribution in [2.75, 3.05) is 14.2 Å². The van der Waals surface area contributed by atoms with E-state index in [1.165, 1.54) is 11.1 Å². The van der Waals surface area contributed by atoms with Crippen molar-refractivity contribution in [1.29, 1.82) is 0 Å². The number of nitrogens with zero attached hydrogens (tertiary/aromatic N) is 1. The van der Waals surface area contributed by atoms with Crippen LogP contribution in [0.25, 0.3) is 0 Å². The fourth-order valence-electron chi connectivity index (χ4n) is 2.75. The molecule has 21 heavy (non-hydrogen) atoms. The number of aromatic nitrogens is 1. The lowest BCUT2D eigenvalue weighted by Crippen LogP contribution is -2.23. The zero-order chi connectivity index (χ0) is 14.8. The van der Waals surface area contributed by atoms with Gasteiger partial charge in [-0.1, -0.05) is 17.7 Å². The van der Waals surface area contributed by atoms with E-state index in [2.05, 4.69) is 22.4 Å². The summed E-state index contributed by atoms with van der Waals surface area (Å²) in [6.07, 6.45) is 2.73. The molecule has 110 valence electrons. The van der Waals surface area contributed by atoms with Crippen LogP contribution in [-0.4, -0.2) is 24.4 Å². The monoisotopic (exact) mass is 320 g/mol. The van der Waals surface area contributed by atoms with Gasteiger partial charge in [0, 0.05) is 17.5 Å². The van der Waals surface area contributed by atoms with Gasteiger partial charge in [0.2, 0.25) is 0 Å². The van der Waals surface area contributed by atoms with Crippen LogP contribution in [-0.2, 0) is 6.42 Å². The molecule has 1 aromatic carbocycles. The quantitative estimate of drug-likeness (QED) is 0.931. The van der Waals surface area contributed by atoms with Crippen molar-refractivity contribution < 1.29 is 4.74 Å². The van der Waals surface area contributed by atoms with Crippen LogP contribution in [0.15, 0.2) is 41.6 Å². The van der Waals surface area contributed by atoms with Crippen molar-refractivity contribution >= 4 is 23.4 Å². The Bertz CT molecular complexity index is 633. The van der Waals surface area contributed by atoms with Gasteiger partial charge in [-0.2, -0.15) is 0 Å². The molecule has 5 heteroatoms. The highest BCUT2D eigenvalue weighted by atomic mass is 35.5. The standard InChI is InChI=1S/C16H17ClN2OS/c1-18-16-13-8-12(20-2)5-3-10(13)7-14(16)21-15-6-4-11(17)9-19-15/h3-6,8-9,14,16,18H,7H2,1-2H3. The molecule has 1 N–H and O–H groups in total. The van der Waals surface area contributed by atoms with Crippen LogP contribution in [0.4, 0.5) is 0 Å². The van der Waals surface area contributed by atoms with E-state index >= 15 is 0 Å². The Hall–Kier alpha value is -1.23. The lowest BCUT2D eigenvalue weighted by Gasteiger charge is -2.19. The molecule has 1 aromatic heterocycles. The van der Waals surface area contributed by atoms with E-state index in [0.29, 0.717) is 16.3 Å². The maximum absolute atomic E-state index is 5.89. The van der Waals surface area contributed by atoms with Gasteiger partial charge in [-0.05, 0) is 48.9 Å². The molecule has 0 saturated heterocycles. The second-order valence-corrected chi connectivity index (χ2v) is 6.70. The minimum Gasteiger partial charge on any atom is -0.497 e. The van der Waals surface area contributed by atoms with Gasteiger partial charge in [0.05, 0.1) is 17.2 Å². The Labute approximate surface area is 134 Å². The Balaban J connectivity index is 1.83. The number of methoxy groups -OCH3 is 1. The molecule has 1 aliphatic carbocycles. The lowest BCUT2D eigenvalue weighted by atomic mass is 10.1. The first kappa shape index (κ1) is 14.7. The number of nitrogens with one attached hydrogen (secondary N) is 1. The van der Waals surface area contributed by atoms with Crippen LogP contribution in [0, 0.1) is 0 Å². The third kappa shape index (κ3) is 3.03. The highest BCUT2D eigenvalue weighted by Crippen LogP contribution is 2.42. The van der Waals surface area contributed by atoms with Crippen LogP contribution < -0.4 is 10.1 Å². The SMILES string of the molecule is CNC1c2cc(OC)ccc2CC1Sc1ccc(Cl)cn1. The maximum Gasteiger partial charge on any atom is 0.119 e. The van der Waals surface area contributed by atoms with E-state index in [1.807, 2.05) is 25.2 Å². The molecule has 0 radical (unpaired) electrons. The van der Waals surface area contributed by atoms with Crippen LogP contribution in [0.2, 0.25) is 5.02 Å². The topological polar surface area (TPSA) is 34.1 Å². The lowest BCUT2D eigenvalue weighted by molar-refractivity contribution is 0.413.